The lowest BCUT2D eigenvalue weighted by Crippen LogP contribution is -2.34. The van der Waals surface area contributed by atoms with E-state index in [0.717, 1.165) is 50.6 Å². The van der Waals surface area contributed by atoms with Gasteiger partial charge in [-0.1, -0.05) is 27.7 Å². The molecule has 0 bridgehead atoms. The zero-order valence-electron chi connectivity index (χ0n) is 12.0. The Morgan fingerprint density at radius 3 is 2.41 bits per heavy atom. The lowest BCUT2D eigenvalue weighted by molar-refractivity contribution is -0.120. The molecule has 0 aliphatic heterocycles. The summed E-state index contributed by atoms with van der Waals surface area (Å²) in [5.74, 6) is 1.95. The van der Waals surface area contributed by atoms with Crippen molar-refractivity contribution >= 4 is 5.78 Å². The van der Waals surface area contributed by atoms with Gasteiger partial charge in [0.2, 0.25) is 0 Å². The maximum absolute atomic E-state index is 11.1. The highest BCUT2D eigenvalue weighted by molar-refractivity contribution is 5.79. The van der Waals surface area contributed by atoms with Gasteiger partial charge in [-0.05, 0) is 43.1 Å². The summed E-state index contributed by atoms with van der Waals surface area (Å²) >= 11 is 0. The third-order valence-corrected chi connectivity index (χ3v) is 3.66. The zero-order valence-corrected chi connectivity index (χ0v) is 12.0. The first kappa shape index (κ1) is 14.7. The molecular formula is C15H29NO. The van der Waals surface area contributed by atoms with Crippen molar-refractivity contribution in [3.8, 4) is 0 Å². The third kappa shape index (κ3) is 6.21. The summed E-state index contributed by atoms with van der Waals surface area (Å²) in [5, 5.41) is 3.60. The van der Waals surface area contributed by atoms with Crippen molar-refractivity contribution in [1.82, 2.24) is 5.32 Å². The molecule has 1 fully saturated rings. The predicted octanol–water partition coefficient (Wildman–Crippen LogP) is 3.41. The maximum atomic E-state index is 11.1. The highest BCUT2D eigenvalue weighted by Crippen LogP contribution is 2.25. The molecule has 1 aliphatic carbocycles. The molecule has 1 rings (SSSR count). The number of carbonyl (C=O) groups excluding carboxylic acids is 1. The number of Topliss-reactive ketones (excluding diaryl/α,β-unsaturated/α-hetero) is 1. The minimum Gasteiger partial charge on any atom is -0.316 e. The van der Waals surface area contributed by atoms with Crippen LogP contribution in [0.2, 0.25) is 0 Å². The van der Waals surface area contributed by atoms with Crippen LogP contribution in [-0.2, 0) is 4.79 Å². The van der Waals surface area contributed by atoms with Crippen LogP contribution in [0.4, 0.5) is 0 Å². The van der Waals surface area contributed by atoms with Gasteiger partial charge in [0.15, 0.2) is 0 Å². The summed E-state index contributed by atoms with van der Waals surface area (Å²) < 4.78 is 0. The Labute approximate surface area is 107 Å². The molecule has 1 aliphatic rings. The largest absolute Gasteiger partial charge is 0.316 e. The molecule has 0 amide bonds. The number of hydrogen-bond acceptors (Lipinski definition) is 2. The highest BCUT2D eigenvalue weighted by atomic mass is 16.1. The highest BCUT2D eigenvalue weighted by Gasteiger charge is 2.21. The van der Waals surface area contributed by atoms with Gasteiger partial charge in [0, 0.05) is 19.4 Å². The summed E-state index contributed by atoms with van der Waals surface area (Å²) in [6.07, 6.45) is 5.07. The molecule has 1 N–H and O–H groups in total. The maximum Gasteiger partial charge on any atom is 0.132 e. The molecular weight excluding hydrogens is 210 g/mol. The minimum atomic E-state index is 0.388. The topological polar surface area (TPSA) is 29.1 Å². The average Bonchev–Trinajstić information content (AvgIpc) is 2.18. The van der Waals surface area contributed by atoms with Gasteiger partial charge in [-0.3, -0.25) is 4.79 Å². The van der Waals surface area contributed by atoms with Crippen LogP contribution in [0, 0.1) is 17.3 Å². The van der Waals surface area contributed by atoms with Gasteiger partial charge in [-0.2, -0.15) is 0 Å². The van der Waals surface area contributed by atoms with Crippen LogP contribution in [0.25, 0.3) is 0 Å². The fourth-order valence-electron chi connectivity index (χ4n) is 3.00. The summed E-state index contributed by atoms with van der Waals surface area (Å²) in [6, 6.07) is 0. The van der Waals surface area contributed by atoms with E-state index in [1.54, 1.807) is 0 Å². The van der Waals surface area contributed by atoms with E-state index in [2.05, 4.69) is 33.0 Å². The summed E-state index contributed by atoms with van der Waals surface area (Å²) in [4.78, 5) is 11.1. The molecule has 0 unspecified atom stereocenters. The number of rotatable bonds is 6. The Morgan fingerprint density at radius 1 is 1.29 bits per heavy atom. The summed E-state index contributed by atoms with van der Waals surface area (Å²) in [6.45, 7) is 11.4. The van der Waals surface area contributed by atoms with E-state index in [4.69, 9.17) is 0 Å². The van der Waals surface area contributed by atoms with Crippen molar-refractivity contribution in [2.45, 2.75) is 59.8 Å². The Balaban J connectivity index is 2.16. The van der Waals surface area contributed by atoms with Crippen LogP contribution in [0.3, 0.4) is 0 Å². The van der Waals surface area contributed by atoms with E-state index in [9.17, 15) is 4.79 Å². The molecule has 0 atom stereocenters. The van der Waals surface area contributed by atoms with E-state index in [1.165, 1.54) is 6.42 Å². The molecule has 1 saturated carbocycles. The van der Waals surface area contributed by atoms with Crippen LogP contribution in [0.1, 0.15) is 59.8 Å². The molecule has 0 heterocycles. The van der Waals surface area contributed by atoms with Gasteiger partial charge in [-0.15, -0.1) is 0 Å². The molecule has 0 aromatic heterocycles. The standard InChI is InChI=1S/C15H29NO/c1-12(2)9-15(3,4)11-16-10-13-5-7-14(17)8-6-13/h12-13,16H,5-11H2,1-4H3. The lowest BCUT2D eigenvalue weighted by Gasteiger charge is -2.29. The Kier molecular flexibility index (Phi) is 5.64. The van der Waals surface area contributed by atoms with E-state index in [-0.39, 0.29) is 0 Å². The average molecular weight is 239 g/mol. The van der Waals surface area contributed by atoms with Crippen molar-refractivity contribution < 1.29 is 4.79 Å². The SMILES string of the molecule is CC(C)CC(C)(C)CNCC1CCC(=O)CC1. The normalized spacial score (nSPS) is 19.0. The van der Waals surface area contributed by atoms with Gasteiger partial charge in [0.05, 0.1) is 0 Å². The molecule has 0 aromatic carbocycles. The van der Waals surface area contributed by atoms with Crippen molar-refractivity contribution in [1.29, 1.82) is 0 Å². The number of ketones is 1. The molecule has 2 heteroatoms. The first-order valence-electron chi connectivity index (χ1n) is 7.11. The monoisotopic (exact) mass is 239 g/mol. The van der Waals surface area contributed by atoms with Crippen molar-refractivity contribution in [2.75, 3.05) is 13.1 Å². The van der Waals surface area contributed by atoms with Crippen LogP contribution in [0.15, 0.2) is 0 Å². The Bertz CT molecular complexity index is 235. The van der Waals surface area contributed by atoms with E-state index in [0.29, 0.717) is 11.2 Å². The molecule has 0 aromatic rings. The third-order valence-electron chi connectivity index (χ3n) is 3.66. The fourth-order valence-corrected chi connectivity index (χ4v) is 3.00. The quantitative estimate of drug-likeness (QED) is 0.769. The van der Waals surface area contributed by atoms with Crippen LogP contribution >= 0.6 is 0 Å². The van der Waals surface area contributed by atoms with Gasteiger partial charge < -0.3 is 5.32 Å². The fraction of sp³-hybridized carbons (Fsp3) is 0.933. The first-order valence-corrected chi connectivity index (χ1v) is 7.11. The molecule has 0 radical (unpaired) electrons. The number of carbonyl (C=O) groups is 1. The predicted molar refractivity (Wildman–Crippen MR) is 73.1 cm³/mol. The number of hydrogen-bond donors (Lipinski definition) is 1. The second-order valence-corrected chi connectivity index (χ2v) is 6.88. The van der Waals surface area contributed by atoms with Gasteiger partial charge >= 0.3 is 0 Å². The van der Waals surface area contributed by atoms with Crippen LogP contribution in [0.5, 0.6) is 0 Å². The Hall–Kier alpha value is -0.370. The van der Waals surface area contributed by atoms with Crippen LogP contribution in [-0.4, -0.2) is 18.9 Å². The van der Waals surface area contributed by atoms with E-state index < -0.39 is 0 Å². The molecule has 17 heavy (non-hydrogen) atoms. The van der Waals surface area contributed by atoms with E-state index >= 15 is 0 Å². The van der Waals surface area contributed by atoms with Crippen molar-refractivity contribution in [3.63, 3.8) is 0 Å². The molecule has 2 nitrogen and oxygen atoms in total. The molecule has 100 valence electrons. The minimum absolute atomic E-state index is 0.388. The zero-order chi connectivity index (χ0) is 12.9. The summed E-state index contributed by atoms with van der Waals surface area (Å²) in [7, 11) is 0. The van der Waals surface area contributed by atoms with E-state index in [1.807, 2.05) is 0 Å². The number of nitrogens with one attached hydrogen (secondary N) is 1. The smallest absolute Gasteiger partial charge is 0.132 e. The van der Waals surface area contributed by atoms with Crippen molar-refractivity contribution in [3.05, 3.63) is 0 Å². The van der Waals surface area contributed by atoms with Crippen LogP contribution < -0.4 is 5.32 Å². The van der Waals surface area contributed by atoms with Crippen molar-refractivity contribution in [2.24, 2.45) is 17.3 Å². The summed E-state index contributed by atoms with van der Waals surface area (Å²) in [5.41, 5.74) is 0.388. The van der Waals surface area contributed by atoms with Gasteiger partial charge in [0.25, 0.3) is 0 Å². The first-order chi connectivity index (χ1) is 7.89. The second kappa shape index (κ2) is 6.53. The lowest BCUT2D eigenvalue weighted by atomic mass is 9.83. The van der Waals surface area contributed by atoms with Gasteiger partial charge in [0.1, 0.15) is 5.78 Å². The molecule has 0 saturated heterocycles. The van der Waals surface area contributed by atoms with Gasteiger partial charge in [-0.25, -0.2) is 0 Å². The molecule has 0 spiro atoms. The Morgan fingerprint density at radius 2 is 1.88 bits per heavy atom. The second-order valence-electron chi connectivity index (χ2n) is 6.88.